The number of carbonyl (C=O) groups is 2. The molecular weight excluding hydrogens is 354 g/mol. The molecule has 0 fully saturated rings. The Hall–Kier alpha value is -3.89. The van der Waals surface area contributed by atoms with Crippen LogP contribution in [0.1, 0.15) is 27.7 Å². The first-order valence-corrected chi connectivity index (χ1v) is 7.70. The van der Waals surface area contributed by atoms with Gasteiger partial charge in [0.1, 0.15) is 5.69 Å². The highest BCUT2D eigenvalue weighted by Gasteiger charge is 2.23. The zero-order valence-electron chi connectivity index (χ0n) is 14.2. The van der Waals surface area contributed by atoms with E-state index >= 15 is 0 Å². The summed E-state index contributed by atoms with van der Waals surface area (Å²) in [6, 6.07) is 2.91. The van der Waals surface area contributed by atoms with Gasteiger partial charge in [-0.2, -0.15) is 9.97 Å². The van der Waals surface area contributed by atoms with Crippen molar-refractivity contribution in [3.8, 4) is 0 Å². The van der Waals surface area contributed by atoms with Gasteiger partial charge >= 0.3 is 11.9 Å². The van der Waals surface area contributed by atoms with Gasteiger partial charge in [0.05, 0.1) is 24.9 Å². The number of hydrogen-bond acceptors (Lipinski definition) is 10. The number of methoxy groups -OCH3 is 1. The lowest BCUT2D eigenvalue weighted by Crippen LogP contribution is -2.16. The van der Waals surface area contributed by atoms with Crippen LogP contribution in [-0.2, 0) is 16.0 Å². The molecule has 5 N–H and O–H groups in total. The van der Waals surface area contributed by atoms with Crippen molar-refractivity contribution in [3.05, 3.63) is 41.5 Å². The molecule has 27 heavy (non-hydrogen) atoms. The summed E-state index contributed by atoms with van der Waals surface area (Å²) in [5.74, 6) is -2.61. The Balaban J connectivity index is 1.92. The van der Waals surface area contributed by atoms with Crippen molar-refractivity contribution in [3.63, 3.8) is 0 Å². The van der Waals surface area contributed by atoms with E-state index < -0.39 is 17.9 Å². The first-order valence-electron chi connectivity index (χ1n) is 7.70. The smallest absolute Gasteiger partial charge is 0.356 e. The summed E-state index contributed by atoms with van der Waals surface area (Å²) < 4.78 is 4.57. The number of pyridine rings is 1. The van der Waals surface area contributed by atoms with Crippen molar-refractivity contribution in [2.45, 2.75) is 12.3 Å². The second-order valence-corrected chi connectivity index (χ2v) is 5.56. The number of rotatable bonds is 5. The van der Waals surface area contributed by atoms with E-state index in [1.165, 1.54) is 31.6 Å². The van der Waals surface area contributed by atoms with Crippen molar-refractivity contribution in [1.29, 1.82) is 0 Å². The van der Waals surface area contributed by atoms with Crippen molar-refractivity contribution >= 4 is 34.9 Å². The van der Waals surface area contributed by atoms with E-state index in [2.05, 4.69) is 29.7 Å². The van der Waals surface area contributed by atoms with E-state index in [4.69, 9.17) is 11.5 Å². The van der Waals surface area contributed by atoms with Gasteiger partial charge in [0.25, 0.3) is 0 Å². The summed E-state index contributed by atoms with van der Waals surface area (Å²) >= 11 is 0. The molecular formula is C16H15N7O4. The Labute approximate surface area is 152 Å². The molecule has 0 aliphatic carbocycles. The summed E-state index contributed by atoms with van der Waals surface area (Å²) in [4.78, 5) is 43.3. The summed E-state index contributed by atoms with van der Waals surface area (Å²) in [6.07, 6.45) is 2.75. The molecule has 0 aliphatic heterocycles. The molecule has 3 rings (SSSR count). The van der Waals surface area contributed by atoms with Crippen LogP contribution in [0.25, 0.3) is 11.2 Å². The monoisotopic (exact) mass is 369 g/mol. The van der Waals surface area contributed by atoms with Crippen LogP contribution in [0.5, 0.6) is 0 Å². The maximum Gasteiger partial charge on any atom is 0.356 e. The van der Waals surface area contributed by atoms with Gasteiger partial charge in [-0.3, -0.25) is 4.79 Å². The Kier molecular flexibility index (Phi) is 4.75. The highest BCUT2D eigenvalue weighted by molar-refractivity contribution is 5.87. The molecule has 0 aliphatic rings. The highest BCUT2D eigenvalue weighted by Crippen LogP contribution is 2.22. The molecule has 1 unspecified atom stereocenters. The number of nitrogens with two attached hydrogens (primary N) is 2. The quantitative estimate of drug-likeness (QED) is 0.522. The normalized spacial score (nSPS) is 11.9. The average Bonchev–Trinajstić information content (AvgIpc) is 2.65. The first-order chi connectivity index (χ1) is 12.9. The molecule has 0 saturated carbocycles. The fourth-order valence-electron chi connectivity index (χ4n) is 2.47. The zero-order valence-corrected chi connectivity index (χ0v) is 14.2. The molecule has 0 spiro atoms. The third-order valence-electron chi connectivity index (χ3n) is 3.80. The maximum absolute atomic E-state index is 11.7. The SMILES string of the molecule is COC(=O)c1ccc(C(Cc2cnc3nc(N)nc(N)c3n2)C(=O)O)cn1. The highest BCUT2D eigenvalue weighted by atomic mass is 16.5. The predicted octanol–water partition coefficient (Wildman–Crippen LogP) is 0.177. The van der Waals surface area contributed by atoms with Gasteiger partial charge in [-0.25, -0.2) is 19.7 Å². The number of nitrogens with zero attached hydrogens (tertiary/aromatic N) is 5. The second-order valence-electron chi connectivity index (χ2n) is 5.56. The summed E-state index contributed by atoms with van der Waals surface area (Å²) in [5, 5.41) is 9.58. The lowest BCUT2D eigenvalue weighted by Gasteiger charge is -2.12. The minimum absolute atomic E-state index is 0.0257. The minimum atomic E-state index is -1.08. The Bertz CT molecular complexity index is 1020. The van der Waals surface area contributed by atoms with Crippen molar-refractivity contribution in [2.24, 2.45) is 0 Å². The van der Waals surface area contributed by atoms with Crippen molar-refractivity contribution in [1.82, 2.24) is 24.9 Å². The molecule has 3 aromatic heterocycles. The molecule has 3 aromatic rings. The Morgan fingerprint density at radius 3 is 2.56 bits per heavy atom. The fraction of sp³-hybridized carbons (Fsp3) is 0.188. The lowest BCUT2D eigenvalue weighted by atomic mass is 9.95. The van der Waals surface area contributed by atoms with E-state index in [-0.39, 0.29) is 35.0 Å². The minimum Gasteiger partial charge on any atom is -0.481 e. The van der Waals surface area contributed by atoms with E-state index in [0.717, 1.165) is 0 Å². The van der Waals surface area contributed by atoms with Gasteiger partial charge in [0.15, 0.2) is 17.0 Å². The molecule has 138 valence electrons. The standard InChI is InChI=1S/C16H15N7O4/c1-27-15(26)10-3-2-7(5-19-10)9(14(24)25)4-8-6-20-13-11(21-8)12(17)22-16(18)23-13/h2-3,5-6,9H,4H2,1H3,(H,24,25)(H4,17,18,20,22,23). The molecule has 1 atom stereocenters. The molecule has 0 aromatic carbocycles. The van der Waals surface area contributed by atoms with Crippen LogP contribution in [0.3, 0.4) is 0 Å². The van der Waals surface area contributed by atoms with E-state index in [9.17, 15) is 14.7 Å². The maximum atomic E-state index is 11.7. The number of carbonyl (C=O) groups excluding carboxylic acids is 1. The molecule has 0 amide bonds. The Morgan fingerprint density at radius 2 is 1.93 bits per heavy atom. The predicted molar refractivity (Wildman–Crippen MR) is 93.6 cm³/mol. The number of carboxylic acid groups (broad SMARTS) is 1. The molecule has 0 radical (unpaired) electrons. The molecule has 0 saturated heterocycles. The number of nitrogen functional groups attached to an aromatic ring is 2. The zero-order chi connectivity index (χ0) is 19.6. The third kappa shape index (κ3) is 3.71. The number of carboxylic acids is 1. The number of esters is 1. The molecule has 11 heteroatoms. The number of aliphatic carboxylic acids is 1. The van der Waals surface area contributed by atoms with Crippen LogP contribution in [0.4, 0.5) is 11.8 Å². The first kappa shape index (κ1) is 17.9. The number of aromatic nitrogens is 5. The van der Waals surface area contributed by atoms with Crippen LogP contribution in [0.15, 0.2) is 24.5 Å². The van der Waals surface area contributed by atoms with E-state index in [1.807, 2.05) is 0 Å². The number of hydrogen-bond donors (Lipinski definition) is 3. The topological polar surface area (TPSA) is 180 Å². The Morgan fingerprint density at radius 1 is 1.15 bits per heavy atom. The van der Waals surface area contributed by atoms with Crippen LogP contribution >= 0.6 is 0 Å². The second kappa shape index (κ2) is 7.15. The van der Waals surface area contributed by atoms with E-state index in [0.29, 0.717) is 11.3 Å². The lowest BCUT2D eigenvalue weighted by molar-refractivity contribution is -0.138. The van der Waals surface area contributed by atoms with Gasteiger partial charge in [-0.15, -0.1) is 0 Å². The largest absolute Gasteiger partial charge is 0.481 e. The van der Waals surface area contributed by atoms with Crippen LogP contribution < -0.4 is 11.5 Å². The fourth-order valence-corrected chi connectivity index (χ4v) is 2.47. The van der Waals surface area contributed by atoms with Crippen molar-refractivity contribution < 1.29 is 19.4 Å². The average molecular weight is 369 g/mol. The number of anilines is 2. The van der Waals surface area contributed by atoms with Crippen LogP contribution in [0.2, 0.25) is 0 Å². The van der Waals surface area contributed by atoms with Gasteiger partial charge < -0.3 is 21.3 Å². The van der Waals surface area contributed by atoms with Gasteiger partial charge in [0, 0.05) is 12.6 Å². The summed E-state index contributed by atoms with van der Waals surface area (Å²) in [5.41, 5.74) is 12.6. The summed E-state index contributed by atoms with van der Waals surface area (Å²) in [6.45, 7) is 0. The molecule has 0 bridgehead atoms. The van der Waals surface area contributed by atoms with Gasteiger partial charge in [-0.1, -0.05) is 6.07 Å². The number of fused-ring (bicyclic) bond motifs is 1. The van der Waals surface area contributed by atoms with E-state index in [1.54, 1.807) is 0 Å². The third-order valence-corrected chi connectivity index (χ3v) is 3.80. The van der Waals surface area contributed by atoms with Gasteiger partial charge in [-0.05, 0) is 11.6 Å². The summed E-state index contributed by atoms with van der Waals surface area (Å²) in [7, 11) is 1.24. The van der Waals surface area contributed by atoms with Crippen LogP contribution in [0, 0.1) is 0 Å². The number of ether oxygens (including phenoxy) is 1. The molecule has 11 nitrogen and oxygen atoms in total. The van der Waals surface area contributed by atoms with Crippen LogP contribution in [-0.4, -0.2) is 49.1 Å². The molecule has 3 heterocycles. The van der Waals surface area contributed by atoms with Gasteiger partial charge in [0.2, 0.25) is 5.95 Å². The van der Waals surface area contributed by atoms with Crippen molar-refractivity contribution in [2.75, 3.05) is 18.6 Å².